The lowest BCUT2D eigenvalue weighted by Gasteiger charge is -2.07. The third-order valence-corrected chi connectivity index (χ3v) is 7.76. The predicted octanol–water partition coefficient (Wildman–Crippen LogP) is 4.14. The second kappa shape index (κ2) is 6.37. The van der Waals surface area contributed by atoms with Crippen LogP contribution in [-0.2, 0) is 19.9 Å². The number of thioether (sulfide) groups is 1. The number of fused-ring (bicyclic) bond motifs is 3. The summed E-state index contributed by atoms with van der Waals surface area (Å²) in [6, 6.07) is 1.95. The van der Waals surface area contributed by atoms with Gasteiger partial charge in [-0.15, -0.1) is 22.7 Å². The fraction of sp³-hybridized carbons (Fsp3) is 0.389. The zero-order chi connectivity index (χ0) is 17.7. The first-order chi connectivity index (χ1) is 12.0. The number of rotatable bonds is 4. The average Bonchev–Trinajstić information content (AvgIpc) is 3.23. The Balaban J connectivity index is 1.64. The highest BCUT2D eigenvalue weighted by atomic mass is 32.2. The molecule has 0 saturated heterocycles. The smallest absolute Gasteiger partial charge is 0.262 e. The summed E-state index contributed by atoms with van der Waals surface area (Å²) in [5, 5.41) is 1.41. The van der Waals surface area contributed by atoms with Crippen LogP contribution in [0.4, 0.5) is 0 Å². The van der Waals surface area contributed by atoms with Crippen molar-refractivity contribution < 1.29 is 4.79 Å². The van der Waals surface area contributed by atoms with Crippen LogP contribution < -0.4 is 5.56 Å². The van der Waals surface area contributed by atoms with Crippen LogP contribution in [-0.4, -0.2) is 21.1 Å². The standard InChI is InChI=1S/C18H18N2O2S3/c1-9-7-12(10(2)24-9)13(21)8-23-18-19-16-15(17(22)20(18)3)11-5-4-6-14(11)25-16/h7H,4-6,8H2,1-3H3. The lowest BCUT2D eigenvalue weighted by Crippen LogP contribution is -2.20. The lowest BCUT2D eigenvalue weighted by molar-refractivity contribution is 0.102. The van der Waals surface area contributed by atoms with E-state index in [9.17, 15) is 9.59 Å². The van der Waals surface area contributed by atoms with Gasteiger partial charge in [0, 0.05) is 27.2 Å². The van der Waals surface area contributed by atoms with E-state index in [4.69, 9.17) is 0 Å². The van der Waals surface area contributed by atoms with Crippen LogP contribution in [0.15, 0.2) is 16.0 Å². The summed E-state index contributed by atoms with van der Waals surface area (Å²) in [6.45, 7) is 3.99. The molecule has 3 aromatic rings. The summed E-state index contributed by atoms with van der Waals surface area (Å²) in [7, 11) is 1.75. The fourth-order valence-electron chi connectivity index (χ4n) is 3.35. The molecule has 0 atom stereocenters. The maximum absolute atomic E-state index is 12.8. The molecule has 0 amide bonds. The number of carbonyl (C=O) groups is 1. The van der Waals surface area contributed by atoms with E-state index < -0.39 is 0 Å². The average molecular weight is 391 g/mol. The molecular weight excluding hydrogens is 372 g/mol. The van der Waals surface area contributed by atoms with Gasteiger partial charge in [0.25, 0.3) is 5.56 Å². The van der Waals surface area contributed by atoms with E-state index in [0.717, 1.165) is 44.8 Å². The van der Waals surface area contributed by atoms with Crippen molar-refractivity contribution in [2.24, 2.45) is 7.05 Å². The Morgan fingerprint density at radius 2 is 2.12 bits per heavy atom. The number of nitrogens with zero attached hydrogens (tertiary/aromatic N) is 2. The highest BCUT2D eigenvalue weighted by Crippen LogP contribution is 2.35. The SMILES string of the molecule is Cc1cc(C(=O)CSc2nc3sc4c(c3c(=O)n2C)CCC4)c(C)s1. The van der Waals surface area contributed by atoms with Crippen molar-refractivity contribution in [3.05, 3.63) is 42.2 Å². The third kappa shape index (κ3) is 2.88. The molecule has 0 bridgehead atoms. The number of hydrogen-bond acceptors (Lipinski definition) is 6. The van der Waals surface area contributed by atoms with Gasteiger partial charge < -0.3 is 0 Å². The van der Waals surface area contributed by atoms with E-state index in [1.807, 2.05) is 19.9 Å². The van der Waals surface area contributed by atoms with Crippen LogP contribution in [0.5, 0.6) is 0 Å². The van der Waals surface area contributed by atoms with Gasteiger partial charge in [-0.2, -0.15) is 0 Å². The Hall–Kier alpha value is -1.44. The molecule has 1 aliphatic carbocycles. The van der Waals surface area contributed by atoms with Gasteiger partial charge in [0.15, 0.2) is 10.9 Å². The van der Waals surface area contributed by atoms with E-state index in [1.165, 1.54) is 22.2 Å². The monoisotopic (exact) mass is 390 g/mol. The maximum atomic E-state index is 12.8. The summed E-state index contributed by atoms with van der Waals surface area (Å²) in [6.07, 6.45) is 3.16. The van der Waals surface area contributed by atoms with Crippen molar-refractivity contribution in [3.63, 3.8) is 0 Å². The van der Waals surface area contributed by atoms with Gasteiger partial charge in [0.2, 0.25) is 0 Å². The molecule has 4 nitrogen and oxygen atoms in total. The Morgan fingerprint density at radius 3 is 2.84 bits per heavy atom. The second-order valence-corrected chi connectivity index (χ2v) is 9.82. The fourth-order valence-corrected chi connectivity index (χ4v) is 6.45. The third-order valence-electron chi connectivity index (χ3n) is 4.58. The van der Waals surface area contributed by atoms with Gasteiger partial charge in [-0.05, 0) is 44.7 Å². The van der Waals surface area contributed by atoms with Crippen molar-refractivity contribution in [3.8, 4) is 0 Å². The van der Waals surface area contributed by atoms with Crippen LogP contribution in [0.2, 0.25) is 0 Å². The van der Waals surface area contributed by atoms with E-state index in [1.54, 1.807) is 34.3 Å². The summed E-state index contributed by atoms with van der Waals surface area (Å²) in [5.41, 5.74) is 2.00. The van der Waals surface area contributed by atoms with Crippen molar-refractivity contribution in [1.82, 2.24) is 9.55 Å². The van der Waals surface area contributed by atoms with E-state index in [2.05, 4.69) is 4.98 Å². The van der Waals surface area contributed by atoms with Gasteiger partial charge in [0.1, 0.15) is 4.83 Å². The molecular formula is C18H18N2O2S3. The summed E-state index contributed by atoms with van der Waals surface area (Å²) >= 11 is 4.63. The minimum Gasteiger partial charge on any atom is -0.293 e. The summed E-state index contributed by atoms with van der Waals surface area (Å²) in [5.74, 6) is 0.392. The van der Waals surface area contributed by atoms with Crippen LogP contribution in [0.1, 0.15) is 37.0 Å². The zero-order valence-corrected chi connectivity index (χ0v) is 16.8. The molecule has 0 unspecified atom stereocenters. The number of aromatic nitrogens is 2. The Bertz CT molecular complexity index is 1060. The highest BCUT2D eigenvalue weighted by molar-refractivity contribution is 7.99. The van der Waals surface area contributed by atoms with E-state index in [0.29, 0.717) is 10.9 Å². The number of aryl methyl sites for hydroxylation is 4. The molecule has 25 heavy (non-hydrogen) atoms. The second-order valence-electron chi connectivity index (χ2n) is 6.33. The minimum absolute atomic E-state index is 0.0157. The number of hydrogen-bond donors (Lipinski definition) is 0. The first-order valence-corrected chi connectivity index (χ1v) is 10.8. The van der Waals surface area contributed by atoms with Gasteiger partial charge in [-0.25, -0.2) is 4.98 Å². The van der Waals surface area contributed by atoms with Crippen molar-refractivity contribution in [1.29, 1.82) is 0 Å². The molecule has 3 aromatic heterocycles. The number of Topliss-reactive ketones (excluding diaryl/α,β-unsaturated/α-hetero) is 1. The molecule has 7 heteroatoms. The number of carbonyl (C=O) groups excluding carboxylic acids is 1. The number of thiophene rings is 2. The zero-order valence-electron chi connectivity index (χ0n) is 14.3. The summed E-state index contributed by atoms with van der Waals surface area (Å²) in [4.78, 5) is 34.3. The Morgan fingerprint density at radius 1 is 1.32 bits per heavy atom. The predicted molar refractivity (Wildman–Crippen MR) is 106 cm³/mol. The van der Waals surface area contributed by atoms with Crippen molar-refractivity contribution >= 4 is 50.4 Å². The van der Waals surface area contributed by atoms with Crippen LogP contribution in [0, 0.1) is 13.8 Å². The first-order valence-electron chi connectivity index (χ1n) is 8.20. The van der Waals surface area contributed by atoms with Crippen LogP contribution in [0.3, 0.4) is 0 Å². The molecule has 0 N–H and O–H groups in total. The Kier molecular flexibility index (Phi) is 4.33. The van der Waals surface area contributed by atoms with Crippen LogP contribution in [0.25, 0.3) is 10.2 Å². The number of ketones is 1. The molecule has 0 spiro atoms. The van der Waals surface area contributed by atoms with Crippen molar-refractivity contribution in [2.75, 3.05) is 5.75 Å². The molecule has 0 saturated carbocycles. The molecule has 0 aromatic carbocycles. The minimum atomic E-state index is 0.0157. The molecule has 1 aliphatic rings. The largest absolute Gasteiger partial charge is 0.293 e. The quantitative estimate of drug-likeness (QED) is 0.382. The van der Waals surface area contributed by atoms with Gasteiger partial charge in [0.05, 0.1) is 11.1 Å². The Labute approximate surface area is 157 Å². The molecule has 3 heterocycles. The van der Waals surface area contributed by atoms with Gasteiger partial charge in [-0.3, -0.25) is 14.2 Å². The van der Waals surface area contributed by atoms with Gasteiger partial charge >= 0.3 is 0 Å². The van der Waals surface area contributed by atoms with Crippen molar-refractivity contribution in [2.45, 2.75) is 38.3 Å². The summed E-state index contributed by atoms with van der Waals surface area (Å²) < 4.78 is 1.59. The molecule has 0 aliphatic heterocycles. The molecule has 0 radical (unpaired) electrons. The van der Waals surface area contributed by atoms with Crippen LogP contribution >= 0.6 is 34.4 Å². The lowest BCUT2D eigenvalue weighted by atomic mass is 10.2. The first kappa shape index (κ1) is 17.0. The van der Waals surface area contributed by atoms with E-state index >= 15 is 0 Å². The topological polar surface area (TPSA) is 52.0 Å². The maximum Gasteiger partial charge on any atom is 0.262 e. The van der Waals surface area contributed by atoms with Gasteiger partial charge in [-0.1, -0.05) is 11.8 Å². The molecule has 130 valence electrons. The highest BCUT2D eigenvalue weighted by Gasteiger charge is 2.23. The van der Waals surface area contributed by atoms with E-state index in [-0.39, 0.29) is 11.3 Å². The molecule has 4 rings (SSSR count). The molecule has 0 fully saturated rings. The normalized spacial score (nSPS) is 13.6.